The van der Waals surface area contributed by atoms with Gasteiger partial charge in [-0.25, -0.2) is 0 Å². The Morgan fingerprint density at radius 3 is 2.48 bits per heavy atom. The predicted octanol–water partition coefficient (Wildman–Crippen LogP) is 2.82. The van der Waals surface area contributed by atoms with Gasteiger partial charge in [-0.2, -0.15) is 0 Å². The van der Waals surface area contributed by atoms with Crippen molar-refractivity contribution >= 4 is 5.96 Å². The topological polar surface area (TPSA) is 40.1 Å². The second-order valence-corrected chi connectivity index (χ2v) is 8.19. The zero-order chi connectivity index (χ0) is 18.7. The van der Waals surface area contributed by atoms with Gasteiger partial charge in [0, 0.05) is 43.2 Å². The number of guanidine groups is 1. The minimum atomic E-state index is 0.0938. The SMILES string of the molecule is CN=C(NCc1ccccc1OCCN(C)C)N1CC(C)(C)C1(C)C. The summed E-state index contributed by atoms with van der Waals surface area (Å²) in [5, 5.41) is 3.51. The molecule has 1 aliphatic heterocycles. The molecule has 0 saturated carbocycles. The lowest BCUT2D eigenvalue weighted by Gasteiger charge is -2.62. The molecule has 1 aromatic carbocycles. The second kappa shape index (κ2) is 7.65. The van der Waals surface area contributed by atoms with E-state index in [4.69, 9.17) is 4.74 Å². The van der Waals surface area contributed by atoms with Gasteiger partial charge in [-0.05, 0) is 34.0 Å². The molecule has 1 heterocycles. The average molecular weight is 347 g/mol. The van der Waals surface area contributed by atoms with E-state index in [1.54, 1.807) is 0 Å². The first-order valence-corrected chi connectivity index (χ1v) is 9.03. The summed E-state index contributed by atoms with van der Waals surface area (Å²) in [4.78, 5) is 8.96. The van der Waals surface area contributed by atoms with Gasteiger partial charge in [0.05, 0.1) is 0 Å². The summed E-state index contributed by atoms with van der Waals surface area (Å²) in [6.45, 7) is 12.5. The fourth-order valence-corrected chi connectivity index (χ4v) is 3.00. The van der Waals surface area contributed by atoms with Crippen molar-refractivity contribution in [3.8, 4) is 5.75 Å². The van der Waals surface area contributed by atoms with Crippen LogP contribution in [0.5, 0.6) is 5.75 Å². The lowest BCUT2D eigenvalue weighted by Crippen LogP contribution is -2.72. The molecule has 0 aliphatic carbocycles. The van der Waals surface area contributed by atoms with Crippen molar-refractivity contribution in [1.29, 1.82) is 0 Å². The maximum absolute atomic E-state index is 5.95. The maximum Gasteiger partial charge on any atom is 0.194 e. The molecule has 5 nitrogen and oxygen atoms in total. The first-order chi connectivity index (χ1) is 11.7. The van der Waals surface area contributed by atoms with Crippen LogP contribution in [0.4, 0.5) is 0 Å². The van der Waals surface area contributed by atoms with E-state index in [9.17, 15) is 0 Å². The zero-order valence-corrected chi connectivity index (χ0v) is 16.9. The second-order valence-electron chi connectivity index (χ2n) is 8.19. The Labute approximate surface area is 153 Å². The molecule has 5 heteroatoms. The molecule has 0 radical (unpaired) electrons. The smallest absolute Gasteiger partial charge is 0.194 e. The van der Waals surface area contributed by atoms with E-state index in [2.05, 4.69) is 74.0 Å². The van der Waals surface area contributed by atoms with Crippen LogP contribution < -0.4 is 10.1 Å². The van der Waals surface area contributed by atoms with Crippen molar-refractivity contribution in [2.75, 3.05) is 40.8 Å². The van der Waals surface area contributed by atoms with Crippen LogP contribution in [0, 0.1) is 5.41 Å². The quantitative estimate of drug-likeness (QED) is 0.635. The Morgan fingerprint density at radius 1 is 1.24 bits per heavy atom. The van der Waals surface area contributed by atoms with Gasteiger partial charge in [0.1, 0.15) is 12.4 Å². The Balaban J connectivity index is 1.99. The third-order valence-corrected chi connectivity index (χ3v) is 5.56. The number of likely N-dealkylation sites (tertiary alicyclic amines) is 1. The van der Waals surface area contributed by atoms with E-state index in [0.717, 1.165) is 30.4 Å². The van der Waals surface area contributed by atoms with E-state index in [1.165, 1.54) is 0 Å². The number of nitrogens with one attached hydrogen (secondary N) is 1. The van der Waals surface area contributed by atoms with Gasteiger partial charge < -0.3 is 19.9 Å². The molecular formula is C20H34N4O. The third-order valence-electron chi connectivity index (χ3n) is 5.56. The molecule has 0 spiro atoms. The van der Waals surface area contributed by atoms with Crippen LogP contribution >= 0.6 is 0 Å². The molecule has 1 N–H and O–H groups in total. The molecule has 1 aromatic rings. The van der Waals surface area contributed by atoms with Crippen LogP contribution in [0.25, 0.3) is 0 Å². The van der Waals surface area contributed by atoms with Crippen molar-refractivity contribution in [3.05, 3.63) is 29.8 Å². The van der Waals surface area contributed by atoms with Crippen LogP contribution in [0.3, 0.4) is 0 Å². The molecule has 1 fully saturated rings. The fourth-order valence-electron chi connectivity index (χ4n) is 3.00. The fraction of sp³-hybridized carbons (Fsp3) is 0.650. The largest absolute Gasteiger partial charge is 0.492 e. The minimum Gasteiger partial charge on any atom is -0.492 e. The molecule has 1 saturated heterocycles. The summed E-state index contributed by atoms with van der Waals surface area (Å²) in [6.07, 6.45) is 0. The van der Waals surface area contributed by atoms with Crippen molar-refractivity contribution in [2.24, 2.45) is 10.4 Å². The summed E-state index contributed by atoms with van der Waals surface area (Å²) >= 11 is 0. The highest BCUT2D eigenvalue weighted by atomic mass is 16.5. The van der Waals surface area contributed by atoms with Gasteiger partial charge in [0.25, 0.3) is 0 Å². The molecule has 140 valence electrons. The first kappa shape index (κ1) is 19.6. The number of rotatable bonds is 6. The van der Waals surface area contributed by atoms with Crippen LogP contribution in [-0.2, 0) is 6.54 Å². The van der Waals surface area contributed by atoms with Gasteiger partial charge in [-0.1, -0.05) is 32.0 Å². The van der Waals surface area contributed by atoms with Crippen molar-refractivity contribution < 1.29 is 4.74 Å². The molecule has 0 amide bonds. The molecule has 0 unspecified atom stereocenters. The summed E-state index contributed by atoms with van der Waals surface area (Å²) in [5.74, 6) is 1.89. The van der Waals surface area contributed by atoms with Crippen molar-refractivity contribution in [3.63, 3.8) is 0 Å². The predicted molar refractivity (Wildman–Crippen MR) is 105 cm³/mol. The standard InChI is InChI=1S/C20H34N4O/c1-19(2)15-24(20(19,3)4)18(21-5)22-14-16-10-8-9-11-17(16)25-13-12-23(6)7/h8-11H,12-15H2,1-7H3,(H,21,22). The monoisotopic (exact) mass is 346 g/mol. The Hall–Kier alpha value is -1.75. The van der Waals surface area contributed by atoms with E-state index in [1.807, 2.05) is 19.2 Å². The maximum atomic E-state index is 5.95. The van der Waals surface area contributed by atoms with Crippen LogP contribution in [-0.4, -0.2) is 62.1 Å². The summed E-state index contributed by atoms with van der Waals surface area (Å²) < 4.78 is 5.95. The highest BCUT2D eigenvalue weighted by Gasteiger charge is 2.53. The van der Waals surface area contributed by atoms with Gasteiger partial charge in [-0.3, -0.25) is 4.99 Å². The van der Waals surface area contributed by atoms with Crippen LogP contribution in [0.2, 0.25) is 0 Å². The van der Waals surface area contributed by atoms with E-state index >= 15 is 0 Å². The molecule has 2 rings (SSSR count). The third kappa shape index (κ3) is 4.27. The number of likely N-dealkylation sites (N-methyl/N-ethyl adjacent to an activating group) is 1. The van der Waals surface area contributed by atoms with Crippen molar-refractivity contribution in [2.45, 2.75) is 39.8 Å². The first-order valence-electron chi connectivity index (χ1n) is 9.03. The normalized spacial score (nSPS) is 18.9. The number of ether oxygens (including phenoxy) is 1. The van der Waals surface area contributed by atoms with E-state index < -0.39 is 0 Å². The Kier molecular flexibility index (Phi) is 5.99. The van der Waals surface area contributed by atoms with Gasteiger partial charge >= 0.3 is 0 Å². The highest BCUT2D eigenvalue weighted by molar-refractivity contribution is 5.82. The number of para-hydroxylation sites is 1. The summed E-state index contributed by atoms with van der Waals surface area (Å²) in [5.41, 5.74) is 1.54. The molecule has 1 aliphatic rings. The average Bonchev–Trinajstić information content (AvgIpc) is 2.55. The number of aliphatic imine (C=N–C) groups is 1. The molecular weight excluding hydrogens is 312 g/mol. The Bertz CT molecular complexity index is 607. The molecule has 0 bridgehead atoms. The molecule has 0 atom stereocenters. The summed E-state index contributed by atoms with van der Waals surface area (Å²) in [7, 11) is 5.96. The lowest BCUT2D eigenvalue weighted by molar-refractivity contribution is -0.0668. The van der Waals surface area contributed by atoms with Crippen LogP contribution in [0.15, 0.2) is 29.3 Å². The zero-order valence-electron chi connectivity index (χ0n) is 16.9. The minimum absolute atomic E-state index is 0.0938. The number of hydrogen-bond acceptors (Lipinski definition) is 3. The number of nitrogens with zero attached hydrogens (tertiary/aromatic N) is 3. The lowest BCUT2D eigenvalue weighted by atomic mass is 9.65. The van der Waals surface area contributed by atoms with Gasteiger partial charge in [0.15, 0.2) is 5.96 Å². The highest BCUT2D eigenvalue weighted by Crippen LogP contribution is 2.46. The summed E-state index contributed by atoms with van der Waals surface area (Å²) in [6, 6.07) is 8.21. The van der Waals surface area contributed by atoms with Gasteiger partial charge in [-0.15, -0.1) is 0 Å². The van der Waals surface area contributed by atoms with E-state index in [-0.39, 0.29) is 11.0 Å². The molecule has 0 aromatic heterocycles. The Morgan fingerprint density at radius 2 is 1.92 bits per heavy atom. The van der Waals surface area contributed by atoms with Crippen LogP contribution in [0.1, 0.15) is 33.3 Å². The van der Waals surface area contributed by atoms with E-state index in [0.29, 0.717) is 13.2 Å². The number of hydrogen-bond donors (Lipinski definition) is 1. The number of benzene rings is 1. The molecule has 25 heavy (non-hydrogen) atoms. The van der Waals surface area contributed by atoms with Gasteiger partial charge in [0.2, 0.25) is 0 Å². The van der Waals surface area contributed by atoms with Crippen molar-refractivity contribution in [1.82, 2.24) is 15.1 Å².